The summed E-state index contributed by atoms with van der Waals surface area (Å²) in [5, 5.41) is 7.83. The van der Waals surface area contributed by atoms with Gasteiger partial charge >= 0.3 is 0 Å². The summed E-state index contributed by atoms with van der Waals surface area (Å²) >= 11 is 2.46. The molecule has 0 atom stereocenters. The van der Waals surface area contributed by atoms with E-state index in [9.17, 15) is 18.8 Å². The van der Waals surface area contributed by atoms with Gasteiger partial charge in [-0.25, -0.2) is 9.29 Å². The van der Waals surface area contributed by atoms with Gasteiger partial charge in [0.1, 0.15) is 16.4 Å². The van der Waals surface area contributed by atoms with Crippen LogP contribution in [-0.2, 0) is 9.59 Å². The van der Waals surface area contributed by atoms with Crippen molar-refractivity contribution in [1.82, 2.24) is 0 Å². The fourth-order valence-corrected chi connectivity index (χ4v) is 5.46. The van der Waals surface area contributed by atoms with Crippen LogP contribution in [0.25, 0.3) is 0 Å². The van der Waals surface area contributed by atoms with Crippen LogP contribution in [0.1, 0.15) is 20.8 Å². The Bertz CT molecular complexity index is 1580. The Morgan fingerprint density at radius 1 is 0.868 bits per heavy atom. The van der Waals surface area contributed by atoms with Crippen LogP contribution < -0.4 is 15.5 Å². The third-order valence-electron chi connectivity index (χ3n) is 5.96. The van der Waals surface area contributed by atoms with Crippen molar-refractivity contribution in [3.63, 3.8) is 0 Å². The van der Waals surface area contributed by atoms with Crippen molar-refractivity contribution >= 4 is 57.9 Å². The normalized spacial score (nSPS) is 13.3. The third-order valence-corrected chi connectivity index (χ3v) is 7.90. The molecule has 4 aromatic rings. The number of benzene rings is 3. The van der Waals surface area contributed by atoms with Crippen molar-refractivity contribution in [2.24, 2.45) is 0 Å². The molecule has 0 aliphatic carbocycles. The second-order valence-corrected chi connectivity index (χ2v) is 10.6. The van der Waals surface area contributed by atoms with E-state index in [1.165, 1.54) is 35.6 Å². The van der Waals surface area contributed by atoms with E-state index in [1.54, 1.807) is 36.4 Å². The second kappa shape index (κ2) is 10.6. The Morgan fingerprint density at radius 3 is 2.37 bits per heavy atom. The molecule has 0 fully saturated rings. The number of aryl methyl sites for hydroxylation is 2. The van der Waals surface area contributed by atoms with Crippen LogP contribution in [0.15, 0.2) is 99.7 Å². The zero-order valence-corrected chi connectivity index (χ0v) is 22.1. The number of hydrogen-bond acceptors (Lipinski definition) is 6. The van der Waals surface area contributed by atoms with E-state index in [0.717, 1.165) is 27.8 Å². The van der Waals surface area contributed by atoms with Gasteiger partial charge in [-0.05, 0) is 91.0 Å². The number of halogens is 1. The Morgan fingerprint density at radius 2 is 1.66 bits per heavy atom. The Kier molecular flexibility index (Phi) is 7.13. The van der Waals surface area contributed by atoms with E-state index in [1.807, 2.05) is 37.4 Å². The van der Waals surface area contributed by atoms with Gasteiger partial charge in [-0.1, -0.05) is 30.0 Å². The van der Waals surface area contributed by atoms with Crippen LogP contribution in [0.4, 0.5) is 21.5 Å². The molecule has 0 radical (unpaired) electrons. The monoisotopic (exact) mass is 543 g/mol. The summed E-state index contributed by atoms with van der Waals surface area (Å²) in [7, 11) is 0. The topological polar surface area (TPSA) is 78.5 Å². The molecule has 0 saturated heterocycles. The summed E-state index contributed by atoms with van der Waals surface area (Å²) in [6.07, 6.45) is 0. The van der Waals surface area contributed by atoms with E-state index in [0.29, 0.717) is 21.1 Å². The molecule has 0 unspecified atom stereocenters. The number of imide groups is 1. The van der Waals surface area contributed by atoms with Gasteiger partial charge in [0.25, 0.3) is 17.7 Å². The number of thiophene rings is 1. The van der Waals surface area contributed by atoms with Crippen molar-refractivity contribution < 1.29 is 18.8 Å². The zero-order valence-electron chi connectivity index (χ0n) is 20.4. The fourth-order valence-electron chi connectivity index (χ4n) is 3.86. The molecule has 2 N–H and O–H groups in total. The molecule has 1 aliphatic heterocycles. The number of rotatable bonds is 7. The number of carbonyl (C=O) groups is 3. The Balaban J connectivity index is 1.48. The fraction of sp³-hybridized carbons (Fsp3) is 0.0690. The molecule has 0 spiro atoms. The number of carbonyl (C=O) groups excluding carboxylic acids is 3. The van der Waals surface area contributed by atoms with Crippen molar-refractivity contribution in [1.29, 1.82) is 0 Å². The van der Waals surface area contributed by atoms with E-state index in [4.69, 9.17) is 0 Å². The summed E-state index contributed by atoms with van der Waals surface area (Å²) in [5.41, 5.74) is 3.76. The first-order chi connectivity index (χ1) is 18.3. The summed E-state index contributed by atoms with van der Waals surface area (Å²) in [5.74, 6) is -1.76. The van der Waals surface area contributed by atoms with Crippen molar-refractivity contribution in [3.05, 3.63) is 117 Å². The molecule has 0 saturated carbocycles. The van der Waals surface area contributed by atoms with Crippen molar-refractivity contribution in [3.8, 4) is 0 Å². The van der Waals surface area contributed by atoms with Crippen LogP contribution in [-0.4, -0.2) is 17.7 Å². The Labute approximate surface area is 227 Å². The van der Waals surface area contributed by atoms with Crippen LogP contribution in [0.5, 0.6) is 0 Å². The van der Waals surface area contributed by atoms with Gasteiger partial charge in [0.2, 0.25) is 0 Å². The van der Waals surface area contributed by atoms with Crippen LogP contribution in [0.3, 0.4) is 0 Å². The van der Waals surface area contributed by atoms with Crippen LogP contribution >= 0.6 is 23.1 Å². The number of nitrogens with one attached hydrogen (secondary N) is 2. The molecule has 38 heavy (non-hydrogen) atoms. The maximum absolute atomic E-state index is 13.6. The molecular weight excluding hydrogens is 521 g/mol. The van der Waals surface area contributed by atoms with Gasteiger partial charge in [0.15, 0.2) is 0 Å². The zero-order chi connectivity index (χ0) is 26.8. The summed E-state index contributed by atoms with van der Waals surface area (Å²) in [6.45, 7) is 3.96. The molecule has 3 aromatic carbocycles. The molecule has 3 amide bonds. The lowest BCUT2D eigenvalue weighted by atomic mass is 10.1. The molecular formula is C29H22FN3O3S2. The number of thioether (sulfide) groups is 1. The predicted molar refractivity (Wildman–Crippen MR) is 150 cm³/mol. The van der Waals surface area contributed by atoms with Crippen LogP contribution in [0.2, 0.25) is 0 Å². The standard InChI is InChI=1S/C29H22FN3O3S2/c1-17-8-11-21(15-18(17)2)31-25-26(29(36)33(28(25)35)22-12-9-19(30)10-13-22)38-23-6-3-5-20(16-23)32-27(34)24-7-4-14-37-24/h3-16,31H,1-2H3,(H,32,34). The highest BCUT2D eigenvalue weighted by Crippen LogP contribution is 2.38. The summed E-state index contributed by atoms with van der Waals surface area (Å²) < 4.78 is 13.5. The highest BCUT2D eigenvalue weighted by atomic mass is 32.2. The van der Waals surface area contributed by atoms with E-state index in [2.05, 4.69) is 10.6 Å². The second-order valence-electron chi connectivity index (χ2n) is 8.61. The lowest BCUT2D eigenvalue weighted by Crippen LogP contribution is -2.32. The van der Waals surface area contributed by atoms with Crippen molar-refractivity contribution in [2.75, 3.05) is 15.5 Å². The average Bonchev–Trinajstić information content (AvgIpc) is 3.51. The number of nitrogens with zero attached hydrogens (tertiary/aromatic N) is 1. The molecule has 2 heterocycles. The van der Waals surface area contributed by atoms with Crippen molar-refractivity contribution in [2.45, 2.75) is 18.7 Å². The SMILES string of the molecule is Cc1ccc(NC2=C(Sc3cccc(NC(=O)c4cccs4)c3)C(=O)N(c3ccc(F)cc3)C2=O)cc1C. The minimum atomic E-state index is -0.538. The van der Waals surface area contributed by atoms with Gasteiger partial charge < -0.3 is 10.6 Å². The molecule has 6 nitrogen and oxygen atoms in total. The molecule has 1 aromatic heterocycles. The minimum absolute atomic E-state index is 0.126. The van der Waals surface area contributed by atoms with Gasteiger partial charge in [-0.2, -0.15) is 0 Å². The molecule has 1 aliphatic rings. The molecule has 9 heteroatoms. The Hall–Kier alpha value is -4.21. The highest BCUT2D eigenvalue weighted by Gasteiger charge is 2.40. The predicted octanol–water partition coefficient (Wildman–Crippen LogP) is 6.75. The number of hydrogen-bond donors (Lipinski definition) is 2. The summed E-state index contributed by atoms with van der Waals surface area (Å²) in [6, 6.07) is 21.5. The lowest BCUT2D eigenvalue weighted by Gasteiger charge is -2.15. The summed E-state index contributed by atoms with van der Waals surface area (Å²) in [4.78, 5) is 42.1. The third kappa shape index (κ3) is 5.25. The van der Waals surface area contributed by atoms with Crippen LogP contribution in [0, 0.1) is 19.7 Å². The smallest absolute Gasteiger partial charge is 0.283 e. The largest absolute Gasteiger partial charge is 0.350 e. The van der Waals surface area contributed by atoms with Gasteiger partial charge in [0.05, 0.1) is 10.6 Å². The van der Waals surface area contributed by atoms with E-state index in [-0.39, 0.29) is 22.2 Å². The number of anilines is 3. The first-order valence-corrected chi connectivity index (χ1v) is 13.4. The molecule has 190 valence electrons. The first-order valence-electron chi connectivity index (χ1n) is 11.7. The van der Waals surface area contributed by atoms with E-state index < -0.39 is 17.6 Å². The average molecular weight is 544 g/mol. The highest BCUT2D eigenvalue weighted by molar-refractivity contribution is 8.04. The quantitative estimate of drug-likeness (QED) is 0.252. The number of amides is 3. The maximum Gasteiger partial charge on any atom is 0.283 e. The van der Waals surface area contributed by atoms with Gasteiger partial charge in [0, 0.05) is 16.3 Å². The van der Waals surface area contributed by atoms with E-state index >= 15 is 0 Å². The van der Waals surface area contributed by atoms with Gasteiger partial charge in [-0.15, -0.1) is 11.3 Å². The molecule has 0 bridgehead atoms. The van der Waals surface area contributed by atoms with Gasteiger partial charge in [-0.3, -0.25) is 14.4 Å². The first kappa shape index (κ1) is 25.4. The molecule has 5 rings (SSSR count). The maximum atomic E-state index is 13.6. The minimum Gasteiger partial charge on any atom is -0.350 e. The lowest BCUT2D eigenvalue weighted by molar-refractivity contribution is -0.120.